The molecule has 0 heterocycles. The van der Waals surface area contributed by atoms with Crippen molar-refractivity contribution in [1.82, 2.24) is 10.2 Å². The smallest absolute Gasteiger partial charge is 0.243 e. The SMILES string of the molecule is Cc1c(Cl)cccc1NC(=O)CNC(=O)CN(CC1CCCCC1)C1CC1. The van der Waals surface area contributed by atoms with Crippen molar-refractivity contribution < 1.29 is 9.59 Å². The van der Waals surface area contributed by atoms with E-state index in [4.69, 9.17) is 11.6 Å². The van der Waals surface area contributed by atoms with E-state index in [1.54, 1.807) is 18.2 Å². The molecule has 2 aliphatic carbocycles. The number of rotatable bonds is 8. The summed E-state index contributed by atoms with van der Waals surface area (Å²) in [6.45, 7) is 3.25. The molecule has 148 valence electrons. The van der Waals surface area contributed by atoms with Crippen molar-refractivity contribution in [3.63, 3.8) is 0 Å². The van der Waals surface area contributed by atoms with Gasteiger partial charge in [0.25, 0.3) is 0 Å². The van der Waals surface area contributed by atoms with Gasteiger partial charge in [-0.25, -0.2) is 0 Å². The summed E-state index contributed by atoms with van der Waals surface area (Å²) in [5.74, 6) is 0.413. The van der Waals surface area contributed by atoms with Gasteiger partial charge in [-0.2, -0.15) is 0 Å². The number of nitrogens with zero attached hydrogens (tertiary/aromatic N) is 1. The van der Waals surface area contributed by atoms with Crippen molar-refractivity contribution in [2.75, 3.05) is 25.0 Å². The van der Waals surface area contributed by atoms with E-state index >= 15 is 0 Å². The van der Waals surface area contributed by atoms with Gasteiger partial charge >= 0.3 is 0 Å². The Balaban J connectivity index is 1.43. The fourth-order valence-electron chi connectivity index (χ4n) is 3.84. The monoisotopic (exact) mass is 391 g/mol. The molecule has 0 unspecified atom stereocenters. The third-order valence-electron chi connectivity index (χ3n) is 5.62. The number of anilines is 1. The van der Waals surface area contributed by atoms with E-state index in [-0.39, 0.29) is 18.4 Å². The summed E-state index contributed by atoms with van der Waals surface area (Å²) in [6, 6.07) is 5.94. The predicted molar refractivity (Wildman–Crippen MR) is 109 cm³/mol. The Kier molecular flexibility index (Phi) is 7.13. The lowest BCUT2D eigenvalue weighted by molar-refractivity contribution is -0.125. The van der Waals surface area contributed by atoms with Gasteiger partial charge in [0.1, 0.15) is 0 Å². The number of hydrogen-bond acceptors (Lipinski definition) is 3. The van der Waals surface area contributed by atoms with E-state index in [0.717, 1.165) is 18.0 Å². The average molecular weight is 392 g/mol. The molecule has 6 heteroatoms. The largest absolute Gasteiger partial charge is 0.346 e. The number of carbonyl (C=O) groups is 2. The molecule has 1 aromatic carbocycles. The second-order valence-electron chi connectivity index (χ2n) is 7.90. The molecule has 0 saturated heterocycles. The van der Waals surface area contributed by atoms with Crippen molar-refractivity contribution in [2.24, 2.45) is 5.92 Å². The van der Waals surface area contributed by atoms with E-state index in [2.05, 4.69) is 15.5 Å². The summed E-state index contributed by atoms with van der Waals surface area (Å²) in [6.07, 6.45) is 8.93. The minimum atomic E-state index is -0.237. The molecule has 2 saturated carbocycles. The van der Waals surface area contributed by atoms with Crippen LogP contribution >= 0.6 is 11.6 Å². The summed E-state index contributed by atoms with van der Waals surface area (Å²) in [7, 11) is 0. The first kappa shape index (κ1) is 20.2. The maximum absolute atomic E-state index is 12.4. The van der Waals surface area contributed by atoms with Gasteiger partial charge in [0.05, 0.1) is 13.1 Å². The third kappa shape index (κ3) is 6.22. The summed E-state index contributed by atoms with van der Waals surface area (Å²) in [4.78, 5) is 26.8. The number of hydrogen-bond donors (Lipinski definition) is 2. The Morgan fingerprint density at radius 3 is 2.56 bits per heavy atom. The highest BCUT2D eigenvalue weighted by Crippen LogP contribution is 2.31. The minimum absolute atomic E-state index is 0.0211. The topological polar surface area (TPSA) is 61.4 Å². The highest BCUT2D eigenvalue weighted by Gasteiger charge is 2.32. The summed E-state index contributed by atoms with van der Waals surface area (Å²) in [5.41, 5.74) is 1.50. The van der Waals surface area contributed by atoms with Crippen molar-refractivity contribution in [3.8, 4) is 0 Å². The van der Waals surface area contributed by atoms with E-state index in [1.807, 2.05) is 6.92 Å². The zero-order valence-corrected chi connectivity index (χ0v) is 16.9. The molecule has 1 aromatic rings. The van der Waals surface area contributed by atoms with E-state index in [1.165, 1.54) is 44.9 Å². The number of amides is 2. The van der Waals surface area contributed by atoms with Gasteiger partial charge < -0.3 is 10.6 Å². The van der Waals surface area contributed by atoms with E-state index < -0.39 is 0 Å². The van der Waals surface area contributed by atoms with Gasteiger partial charge in [-0.3, -0.25) is 14.5 Å². The Bertz CT molecular complexity index is 669. The van der Waals surface area contributed by atoms with Crippen LogP contribution in [0.3, 0.4) is 0 Å². The molecule has 2 amide bonds. The zero-order chi connectivity index (χ0) is 19.2. The average Bonchev–Trinajstić information content (AvgIpc) is 3.49. The minimum Gasteiger partial charge on any atom is -0.346 e. The van der Waals surface area contributed by atoms with Crippen molar-refractivity contribution in [1.29, 1.82) is 0 Å². The molecule has 0 bridgehead atoms. The van der Waals surface area contributed by atoms with Gasteiger partial charge in [0.2, 0.25) is 11.8 Å². The van der Waals surface area contributed by atoms with Crippen LogP contribution in [0.4, 0.5) is 5.69 Å². The zero-order valence-electron chi connectivity index (χ0n) is 16.1. The van der Waals surface area contributed by atoms with Gasteiger partial charge in [-0.15, -0.1) is 0 Å². The Morgan fingerprint density at radius 2 is 1.85 bits per heavy atom. The first-order valence-electron chi connectivity index (χ1n) is 10.1. The molecule has 3 rings (SSSR count). The second-order valence-corrected chi connectivity index (χ2v) is 8.31. The fraction of sp³-hybridized carbons (Fsp3) is 0.619. The maximum Gasteiger partial charge on any atom is 0.243 e. The van der Waals surface area contributed by atoms with Crippen molar-refractivity contribution >= 4 is 29.1 Å². The normalized spacial score (nSPS) is 17.7. The first-order valence-corrected chi connectivity index (χ1v) is 10.5. The van der Waals surface area contributed by atoms with Gasteiger partial charge in [0.15, 0.2) is 0 Å². The third-order valence-corrected chi connectivity index (χ3v) is 6.02. The molecule has 2 N–H and O–H groups in total. The van der Waals surface area contributed by atoms with Crippen LogP contribution in [-0.2, 0) is 9.59 Å². The van der Waals surface area contributed by atoms with E-state index in [0.29, 0.717) is 23.3 Å². The van der Waals surface area contributed by atoms with Gasteiger partial charge in [0, 0.05) is 23.3 Å². The van der Waals surface area contributed by atoms with Crippen LogP contribution < -0.4 is 10.6 Å². The molecular weight excluding hydrogens is 362 g/mol. The van der Waals surface area contributed by atoms with Crippen molar-refractivity contribution in [2.45, 2.75) is 57.9 Å². The molecule has 0 aromatic heterocycles. The number of halogens is 1. The fourth-order valence-corrected chi connectivity index (χ4v) is 4.01. The molecular formula is C21H30ClN3O2. The molecule has 27 heavy (non-hydrogen) atoms. The summed E-state index contributed by atoms with van der Waals surface area (Å²) in [5, 5.41) is 6.18. The van der Waals surface area contributed by atoms with Crippen LogP contribution in [0.25, 0.3) is 0 Å². The predicted octanol–water partition coefficient (Wildman–Crippen LogP) is 3.75. The molecule has 2 fully saturated rings. The Morgan fingerprint density at radius 1 is 1.11 bits per heavy atom. The molecule has 0 radical (unpaired) electrons. The maximum atomic E-state index is 12.4. The molecule has 2 aliphatic rings. The lowest BCUT2D eigenvalue weighted by atomic mass is 9.89. The van der Waals surface area contributed by atoms with Gasteiger partial charge in [-0.05, 0) is 56.2 Å². The Labute approximate surface area is 166 Å². The summed E-state index contributed by atoms with van der Waals surface area (Å²) < 4.78 is 0. The first-order chi connectivity index (χ1) is 13.0. The second kappa shape index (κ2) is 9.56. The lowest BCUT2D eigenvalue weighted by Crippen LogP contribution is -2.43. The van der Waals surface area contributed by atoms with Crippen LogP contribution in [0.1, 0.15) is 50.5 Å². The van der Waals surface area contributed by atoms with Gasteiger partial charge in [-0.1, -0.05) is 36.9 Å². The van der Waals surface area contributed by atoms with Crippen LogP contribution in [0.15, 0.2) is 18.2 Å². The molecule has 5 nitrogen and oxygen atoms in total. The van der Waals surface area contributed by atoms with Crippen molar-refractivity contribution in [3.05, 3.63) is 28.8 Å². The standard InChI is InChI=1S/C21H30ClN3O2/c1-15-18(22)8-5-9-19(15)24-20(26)12-23-21(27)14-25(17-10-11-17)13-16-6-3-2-4-7-16/h5,8-9,16-17H,2-4,6-7,10-14H2,1H3,(H,23,27)(H,24,26). The molecule has 0 atom stereocenters. The van der Waals surface area contributed by atoms with Crippen LogP contribution in [-0.4, -0.2) is 42.4 Å². The highest BCUT2D eigenvalue weighted by molar-refractivity contribution is 6.31. The lowest BCUT2D eigenvalue weighted by Gasteiger charge is -2.29. The molecule has 0 aliphatic heterocycles. The highest BCUT2D eigenvalue weighted by atomic mass is 35.5. The molecule has 0 spiro atoms. The van der Waals surface area contributed by atoms with E-state index in [9.17, 15) is 9.59 Å². The Hall–Kier alpha value is -1.59. The van der Waals surface area contributed by atoms with Crippen LogP contribution in [0.5, 0.6) is 0 Å². The number of carbonyl (C=O) groups excluding carboxylic acids is 2. The number of nitrogens with one attached hydrogen (secondary N) is 2. The quantitative estimate of drug-likeness (QED) is 0.709. The number of benzene rings is 1. The van der Waals surface area contributed by atoms with Crippen LogP contribution in [0, 0.1) is 12.8 Å². The van der Waals surface area contributed by atoms with Crippen LogP contribution in [0.2, 0.25) is 5.02 Å². The summed E-state index contributed by atoms with van der Waals surface area (Å²) >= 11 is 6.07.